The second-order valence-electron chi connectivity index (χ2n) is 9.41. The monoisotopic (exact) mass is 695 g/mol. The van der Waals surface area contributed by atoms with Crippen LogP contribution in [0.2, 0.25) is 0 Å². The maximum atomic E-state index is 4.50. The fraction of sp³-hybridized carbons (Fsp3) is 0.0811. The molecule has 199 valence electrons. The Morgan fingerprint density at radius 2 is 1.30 bits per heavy atom. The van der Waals surface area contributed by atoms with Gasteiger partial charge in [-0.3, -0.25) is 0 Å². The average molecular weight is 695 g/mol. The smallest absolute Gasteiger partial charge is 0.0196 e. The van der Waals surface area contributed by atoms with Gasteiger partial charge in [-0.2, -0.15) is 0 Å². The summed E-state index contributed by atoms with van der Waals surface area (Å²) in [5, 5.41) is 0. The minimum absolute atomic E-state index is 0. The molecule has 2 aromatic heterocycles. The maximum absolute atomic E-state index is 4.50. The molecule has 0 aliphatic carbocycles. The Morgan fingerprint density at radius 3 is 2.00 bits per heavy atom. The molecular formula is C37H30IrN2-2. The molecule has 0 N–H and O–H groups in total. The number of hydrogen-bond donors (Lipinski definition) is 0. The van der Waals surface area contributed by atoms with E-state index in [1.54, 1.807) is 0 Å². The van der Waals surface area contributed by atoms with Crippen molar-refractivity contribution in [2.75, 3.05) is 0 Å². The van der Waals surface area contributed by atoms with Gasteiger partial charge in [0.25, 0.3) is 0 Å². The van der Waals surface area contributed by atoms with Gasteiger partial charge in [-0.25, -0.2) is 0 Å². The van der Waals surface area contributed by atoms with Gasteiger partial charge in [-0.15, -0.1) is 71.3 Å². The van der Waals surface area contributed by atoms with Gasteiger partial charge in [-0.05, 0) is 52.5 Å². The summed E-state index contributed by atoms with van der Waals surface area (Å²) in [5.74, 6) is 0.369. The van der Waals surface area contributed by atoms with Gasteiger partial charge < -0.3 is 9.97 Å². The minimum atomic E-state index is 0. The predicted molar refractivity (Wildman–Crippen MR) is 161 cm³/mol. The second kappa shape index (κ2) is 14.3. The molecule has 1 unspecified atom stereocenters. The van der Waals surface area contributed by atoms with E-state index in [0.717, 1.165) is 22.5 Å². The van der Waals surface area contributed by atoms with Gasteiger partial charge in [0.15, 0.2) is 0 Å². The molecule has 40 heavy (non-hydrogen) atoms. The summed E-state index contributed by atoms with van der Waals surface area (Å²) in [4.78, 5) is 8.89. The molecule has 2 nitrogen and oxygen atoms in total. The van der Waals surface area contributed by atoms with Crippen molar-refractivity contribution >= 4 is 0 Å². The quantitative estimate of drug-likeness (QED) is 0.168. The van der Waals surface area contributed by atoms with E-state index >= 15 is 0 Å². The summed E-state index contributed by atoms with van der Waals surface area (Å²) in [6.07, 6.45) is 3.75. The van der Waals surface area contributed by atoms with Crippen molar-refractivity contribution in [2.24, 2.45) is 0 Å². The molecule has 0 spiro atoms. The number of aromatic nitrogens is 2. The fourth-order valence-corrected chi connectivity index (χ4v) is 4.51. The van der Waals surface area contributed by atoms with Crippen molar-refractivity contribution in [3.8, 4) is 33.6 Å². The Bertz CT molecular complexity index is 1600. The standard InChI is InChI=1S/C19H16N.C18H14N.Ir/c1-15(16-8-3-2-4-9-16)17-10-7-11-18(14-17)19-12-5-6-13-20-19;1-14-13-19-18(16-10-6-3-7-11-16)12-17(14)15-8-4-2-5-9-15;/h2-10,12-15H,1H3;2-10,12-13H,1H3;/q2*-1;. The Hall–Kier alpha value is -4.17. The van der Waals surface area contributed by atoms with Crippen molar-refractivity contribution in [3.63, 3.8) is 0 Å². The first-order chi connectivity index (χ1) is 19.2. The van der Waals surface area contributed by atoms with Crippen molar-refractivity contribution in [2.45, 2.75) is 19.8 Å². The fourth-order valence-electron chi connectivity index (χ4n) is 4.51. The van der Waals surface area contributed by atoms with E-state index < -0.39 is 0 Å². The van der Waals surface area contributed by atoms with E-state index in [9.17, 15) is 0 Å². The molecule has 6 rings (SSSR count). The summed E-state index contributed by atoms with van der Waals surface area (Å²) in [5.41, 5.74) is 10.2. The zero-order chi connectivity index (χ0) is 26.9. The van der Waals surface area contributed by atoms with Gasteiger partial charge in [0.1, 0.15) is 0 Å². The molecule has 3 heteroatoms. The number of pyridine rings is 2. The summed E-state index contributed by atoms with van der Waals surface area (Å²) in [7, 11) is 0. The Balaban J connectivity index is 0.000000181. The van der Waals surface area contributed by atoms with Gasteiger partial charge in [-0.1, -0.05) is 85.8 Å². The minimum Gasteiger partial charge on any atom is -0.305 e. The van der Waals surface area contributed by atoms with Crippen LogP contribution in [0.3, 0.4) is 0 Å². The Labute approximate surface area is 251 Å². The molecule has 4 aromatic carbocycles. The van der Waals surface area contributed by atoms with E-state index in [2.05, 4.69) is 103 Å². The molecule has 0 saturated carbocycles. The third kappa shape index (κ3) is 7.27. The first-order valence-electron chi connectivity index (χ1n) is 13.2. The van der Waals surface area contributed by atoms with Crippen LogP contribution in [0.15, 0.2) is 140 Å². The summed E-state index contributed by atoms with van der Waals surface area (Å²) in [6, 6.07) is 49.8. The third-order valence-corrected chi connectivity index (χ3v) is 6.74. The second-order valence-corrected chi connectivity index (χ2v) is 9.41. The van der Waals surface area contributed by atoms with Crippen LogP contribution in [0.1, 0.15) is 29.5 Å². The van der Waals surface area contributed by atoms with Crippen LogP contribution in [-0.4, -0.2) is 9.97 Å². The summed E-state index contributed by atoms with van der Waals surface area (Å²) < 4.78 is 0. The van der Waals surface area contributed by atoms with Crippen LogP contribution < -0.4 is 0 Å². The first-order valence-corrected chi connectivity index (χ1v) is 13.2. The molecule has 0 saturated heterocycles. The summed E-state index contributed by atoms with van der Waals surface area (Å²) >= 11 is 0. The van der Waals surface area contributed by atoms with Gasteiger partial charge >= 0.3 is 0 Å². The van der Waals surface area contributed by atoms with Crippen LogP contribution in [0.25, 0.3) is 33.6 Å². The average Bonchev–Trinajstić information content (AvgIpc) is 3.03. The molecule has 2 heterocycles. The number of aryl methyl sites for hydroxylation is 1. The zero-order valence-corrected chi connectivity index (χ0v) is 25.0. The third-order valence-electron chi connectivity index (χ3n) is 6.74. The molecular weight excluding hydrogens is 665 g/mol. The van der Waals surface area contributed by atoms with Crippen molar-refractivity contribution < 1.29 is 20.1 Å². The molecule has 0 aliphatic rings. The molecule has 0 aliphatic heterocycles. The van der Waals surface area contributed by atoms with Crippen molar-refractivity contribution in [3.05, 3.63) is 169 Å². The van der Waals surface area contributed by atoms with E-state index in [1.165, 1.54) is 27.8 Å². The number of benzene rings is 4. The predicted octanol–water partition coefficient (Wildman–Crippen LogP) is 9.22. The molecule has 0 amide bonds. The Morgan fingerprint density at radius 1 is 0.600 bits per heavy atom. The number of nitrogens with zero attached hydrogens (tertiary/aromatic N) is 2. The molecule has 6 aromatic rings. The number of hydrogen-bond acceptors (Lipinski definition) is 2. The van der Waals surface area contributed by atoms with E-state index in [1.807, 2.05) is 73.1 Å². The van der Waals surface area contributed by atoms with E-state index in [0.29, 0.717) is 5.92 Å². The molecule has 1 atom stereocenters. The van der Waals surface area contributed by atoms with Crippen molar-refractivity contribution in [1.82, 2.24) is 9.97 Å². The van der Waals surface area contributed by atoms with Crippen molar-refractivity contribution in [1.29, 1.82) is 0 Å². The molecule has 0 bridgehead atoms. The maximum Gasteiger partial charge on any atom is 0.0196 e. The summed E-state index contributed by atoms with van der Waals surface area (Å²) in [6.45, 7) is 4.32. The van der Waals surface area contributed by atoms with Crippen LogP contribution in [-0.2, 0) is 20.1 Å². The van der Waals surface area contributed by atoms with Gasteiger partial charge in [0.05, 0.1) is 0 Å². The van der Waals surface area contributed by atoms with Gasteiger partial charge in [0, 0.05) is 32.5 Å². The zero-order valence-electron chi connectivity index (χ0n) is 22.6. The van der Waals surface area contributed by atoms with E-state index in [-0.39, 0.29) is 20.1 Å². The van der Waals surface area contributed by atoms with Crippen LogP contribution in [0.5, 0.6) is 0 Å². The first kappa shape index (κ1) is 28.8. The van der Waals surface area contributed by atoms with E-state index in [4.69, 9.17) is 0 Å². The van der Waals surface area contributed by atoms with Crippen LogP contribution >= 0.6 is 0 Å². The number of rotatable bonds is 5. The largest absolute Gasteiger partial charge is 0.305 e. The SMILES string of the molecule is CC(c1ccccc1)c1cc[c-]c(-c2ccccn2)c1.Cc1cnc(-c2[c-]cccc2)cc1-c1ccccc1.[Ir]. The van der Waals surface area contributed by atoms with Gasteiger partial charge in [0.2, 0.25) is 0 Å². The molecule has 0 fully saturated rings. The van der Waals surface area contributed by atoms with Crippen LogP contribution in [0, 0.1) is 19.1 Å². The molecule has 1 radical (unpaired) electrons. The normalized spacial score (nSPS) is 10.9. The Kier molecular flexibility index (Phi) is 10.3. The topological polar surface area (TPSA) is 25.8 Å². The van der Waals surface area contributed by atoms with Crippen LogP contribution in [0.4, 0.5) is 0 Å².